The van der Waals surface area contributed by atoms with Crippen LogP contribution in [0, 0.1) is 12.7 Å². The number of hydrogen-bond donors (Lipinski definition) is 1. The van der Waals surface area contributed by atoms with Gasteiger partial charge >= 0.3 is 0 Å². The van der Waals surface area contributed by atoms with Gasteiger partial charge in [0.1, 0.15) is 28.8 Å². The van der Waals surface area contributed by atoms with Gasteiger partial charge in [-0.25, -0.2) is 12.8 Å². The van der Waals surface area contributed by atoms with Gasteiger partial charge in [-0.15, -0.1) is 0 Å². The number of amides is 1. The Morgan fingerprint density at radius 1 is 1.09 bits per heavy atom. The smallest absolute Gasteiger partial charge is 0.268 e. The fourth-order valence-corrected chi connectivity index (χ4v) is 5.20. The maximum Gasteiger partial charge on any atom is 0.268 e. The molecule has 0 atom stereocenters. The Labute approximate surface area is 206 Å². The summed E-state index contributed by atoms with van der Waals surface area (Å²) in [6, 6.07) is 15.2. The molecule has 7 nitrogen and oxygen atoms in total. The van der Waals surface area contributed by atoms with Crippen molar-refractivity contribution in [1.29, 1.82) is 0 Å². The van der Waals surface area contributed by atoms with Crippen LogP contribution in [0.25, 0.3) is 0 Å². The van der Waals surface area contributed by atoms with Gasteiger partial charge in [0.2, 0.25) is 5.91 Å². The summed E-state index contributed by atoms with van der Waals surface area (Å²) in [6.07, 6.45) is 0. The van der Waals surface area contributed by atoms with E-state index in [1.54, 1.807) is 37.3 Å². The van der Waals surface area contributed by atoms with Crippen molar-refractivity contribution in [3.63, 3.8) is 0 Å². The largest absolute Gasteiger partial charge is 0.495 e. The van der Waals surface area contributed by atoms with E-state index in [0.29, 0.717) is 22.4 Å². The highest BCUT2D eigenvalue weighted by Gasteiger charge is 2.30. The Hall–Kier alpha value is -3.11. The molecular formula is C24H24BrFN2O5S. The van der Waals surface area contributed by atoms with Gasteiger partial charge in [-0.3, -0.25) is 9.10 Å². The number of aryl methyl sites for hydroxylation is 1. The minimum absolute atomic E-state index is 0.0645. The van der Waals surface area contributed by atoms with Crippen LogP contribution in [-0.4, -0.2) is 34.6 Å². The van der Waals surface area contributed by atoms with E-state index in [-0.39, 0.29) is 22.0 Å². The van der Waals surface area contributed by atoms with Gasteiger partial charge in [0.05, 0.1) is 25.1 Å². The molecule has 0 spiro atoms. The van der Waals surface area contributed by atoms with E-state index in [0.717, 1.165) is 4.31 Å². The first-order chi connectivity index (χ1) is 16.1. The number of nitrogens with one attached hydrogen (secondary N) is 1. The lowest BCUT2D eigenvalue weighted by Crippen LogP contribution is -2.38. The predicted molar refractivity (Wildman–Crippen MR) is 133 cm³/mol. The summed E-state index contributed by atoms with van der Waals surface area (Å²) >= 11 is 3.16. The summed E-state index contributed by atoms with van der Waals surface area (Å²) in [7, 11) is -2.87. The number of anilines is 2. The number of hydrogen-bond acceptors (Lipinski definition) is 5. The van der Waals surface area contributed by atoms with Gasteiger partial charge in [-0.2, -0.15) is 0 Å². The van der Waals surface area contributed by atoms with Crippen molar-refractivity contribution in [2.75, 3.05) is 29.9 Å². The van der Waals surface area contributed by atoms with Crippen LogP contribution < -0.4 is 19.1 Å². The summed E-state index contributed by atoms with van der Waals surface area (Å²) in [5, 5.41) is 2.44. The fourth-order valence-electron chi connectivity index (χ4n) is 3.21. The molecule has 0 aromatic heterocycles. The van der Waals surface area contributed by atoms with Crippen molar-refractivity contribution in [2.24, 2.45) is 0 Å². The molecule has 10 heteroatoms. The lowest BCUT2D eigenvalue weighted by molar-refractivity contribution is -0.114. The quantitative estimate of drug-likeness (QED) is 0.398. The van der Waals surface area contributed by atoms with Crippen LogP contribution in [0.5, 0.6) is 11.5 Å². The number of rotatable bonds is 9. The number of sulfonamides is 1. The van der Waals surface area contributed by atoms with Crippen molar-refractivity contribution >= 4 is 43.2 Å². The highest BCUT2D eigenvalue weighted by molar-refractivity contribution is 9.10. The molecule has 3 rings (SSSR count). The van der Waals surface area contributed by atoms with Crippen molar-refractivity contribution in [1.82, 2.24) is 0 Å². The summed E-state index contributed by atoms with van der Waals surface area (Å²) in [5.74, 6) is -0.678. The number of ether oxygens (including phenoxy) is 2. The molecular weight excluding hydrogens is 527 g/mol. The molecule has 0 radical (unpaired) electrons. The number of methoxy groups -OCH3 is 1. The third kappa shape index (κ3) is 5.87. The van der Waals surface area contributed by atoms with E-state index in [2.05, 4.69) is 21.2 Å². The summed E-state index contributed by atoms with van der Waals surface area (Å²) < 4.78 is 53.8. The zero-order chi connectivity index (χ0) is 24.9. The first-order valence-corrected chi connectivity index (χ1v) is 12.5. The van der Waals surface area contributed by atoms with E-state index in [1.165, 1.54) is 37.4 Å². The molecule has 34 heavy (non-hydrogen) atoms. The summed E-state index contributed by atoms with van der Waals surface area (Å²) in [4.78, 5) is 12.8. The molecule has 0 saturated carbocycles. The monoisotopic (exact) mass is 550 g/mol. The molecule has 0 bridgehead atoms. The van der Waals surface area contributed by atoms with Crippen LogP contribution in [0.2, 0.25) is 0 Å². The average Bonchev–Trinajstić information content (AvgIpc) is 2.80. The van der Waals surface area contributed by atoms with E-state index in [4.69, 9.17) is 9.47 Å². The molecule has 0 unspecified atom stereocenters. The van der Waals surface area contributed by atoms with Crippen LogP contribution in [0.3, 0.4) is 0 Å². The maximum atomic E-state index is 14.2. The lowest BCUT2D eigenvalue weighted by Gasteiger charge is -2.25. The SMILES string of the molecule is CCOc1ccc(N(CC(=O)Nc2ccc(Br)cc2F)S(=O)(=O)c2cc(C)ccc2OC)cc1. The Morgan fingerprint density at radius 2 is 1.79 bits per heavy atom. The molecule has 0 aliphatic carbocycles. The summed E-state index contributed by atoms with van der Waals surface area (Å²) in [6.45, 7) is 3.44. The van der Waals surface area contributed by atoms with E-state index in [9.17, 15) is 17.6 Å². The second kappa shape index (κ2) is 10.9. The number of benzene rings is 3. The van der Waals surface area contributed by atoms with Crippen LogP contribution in [0.15, 0.2) is 70.0 Å². The number of halogens is 2. The van der Waals surface area contributed by atoms with Gasteiger partial charge in [-0.05, 0) is 74.0 Å². The van der Waals surface area contributed by atoms with Crippen LogP contribution >= 0.6 is 15.9 Å². The predicted octanol–water partition coefficient (Wildman–Crippen LogP) is 5.14. The normalized spacial score (nSPS) is 11.1. The van der Waals surface area contributed by atoms with Crippen molar-refractivity contribution in [3.05, 3.63) is 76.5 Å². The highest BCUT2D eigenvalue weighted by Crippen LogP contribution is 2.32. The second-order valence-electron chi connectivity index (χ2n) is 7.27. The summed E-state index contributed by atoms with van der Waals surface area (Å²) in [5.41, 5.74) is 0.872. The highest BCUT2D eigenvalue weighted by atomic mass is 79.9. The number of carbonyl (C=O) groups excluding carboxylic acids is 1. The van der Waals surface area contributed by atoms with E-state index < -0.39 is 28.3 Å². The minimum atomic E-state index is -4.24. The molecule has 3 aromatic carbocycles. The van der Waals surface area contributed by atoms with Gasteiger partial charge < -0.3 is 14.8 Å². The molecule has 1 amide bonds. The Bertz CT molecular complexity index is 1280. The number of carbonyl (C=O) groups is 1. The molecule has 0 aliphatic rings. The standard InChI is InChI=1S/C24H24BrFN2O5S/c1-4-33-19-9-7-18(8-10-19)28(15-24(29)27-21-11-6-17(25)14-20(21)26)34(30,31)23-13-16(2)5-12-22(23)32-3/h5-14H,4,15H2,1-3H3,(H,27,29). The third-order valence-corrected chi connectivity index (χ3v) is 7.10. The second-order valence-corrected chi connectivity index (χ2v) is 10.0. The van der Waals surface area contributed by atoms with Crippen LogP contribution in [0.1, 0.15) is 12.5 Å². The van der Waals surface area contributed by atoms with Crippen LogP contribution in [-0.2, 0) is 14.8 Å². The van der Waals surface area contributed by atoms with Crippen LogP contribution in [0.4, 0.5) is 15.8 Å². The van der Waals surface area contributed by atoms with Gasteiger partial charge in [0.25, 0.3) is 10.0 Å². The van der Waals surface area contributed by atoms with Crippen molar-refractivity contribution < 1.29 is 27.1 Å². The molecule has 0 aliphatic heterocycles. The van der Waals surface area contributed by atoms with Gasteiger partial charge in [0, 0.05) is 4.47 Å². The first kappa shape index (κ1) is 25.5. The van der Waals surface area contributed by atoms with E-state index >= 15 is 0 Å². The average molecular weight is 551 g/mol. The Kier molecular flexibility index (Phi) is 8.16. The van der Waals surface area contributed by atoms with Gasteiger partial charge in [0.15, 0.2) is 0 Å². The molecule has 0 fully saturated rings. The fraction of sp³-hybridized carbons (Fsp3) is 0.208. The van der Waals surface area contributed by atoms with Crippen molar-refractivity contribution in [2.45, 2.75) is 18.7 Å². The van der Waals surface area contributed by atoms with E-state index in [1.807, 2.05) is 6.92 Å². The third-order valence-electron chi connectivity index (χ3n) is 4.82. The Morgan fingerprint density at radius 3 is 2.41 bits per heavy atom. The lowest BCUT2D eigenvalue weighted by atomic mass is 10.2. The molecule has 3 aromatic rings. The molecule has 180 valence electrons. The van der Waals surface area contributed by atoms with Gasteiger partial charge in [-0.1, -0.05) is 22.0 Å². The zero-order valence-corrected chi connectivity index (χ0v) is 21.2. The maximum absolute atomic E-state index is 14.2. The number of nitrogens with zero attached hydrogens (tertiary/aromatic N) is 1. The topological polar surface area (TPSA) is 84.9 Å². The minimum Gasteiger partial charge on any atom is -0.495 e. The zero-order valence-electron chi connectivity index (χ0n) is 18.8. The first-order valence-electron chi connectivity index (χ1n) is 10.3. The Balaban J connectivity index is 2.01. The molecule has 0 heterocycles. The molecule has 1 N–H and O–H groups in total. The van der Waals surface area contributed by atoms with Crippen molar-refractivity contribution in [3.8, 4) is 11.5 Å². The molecule has 0 saturated heterocycles.